The second-order valence-corrected chi connectivity index (χ2v) is 5.21. The minimum absolute atomic E-state index is 0.0794. The molecule has 3 nitrogen and oxygen atoms in total. The van der Waals surface area contributed by atoms with E-state index >= 15 is 0 Å². The third-order valence-corrected chi connectivity index (χ3v) is 3.40. The summed E-state index contributed by atoms with van der Waals surface area (Å²) in [6, 6.07) is 2.31. The fourth-order valence-corrected chi connectivity index (χ4v) is 1.97. The zero-order chi connectivity index (χ0) is 11.6. The molecule has 0 bridgehead atoms. The lowest BCUT2D eigenvalue weighted by Gasteiger charge is -2.40. The van der Waals surface area contributed by atoms with Crippen molar-refractivity contribution >= 4 is 5.91 Å². The lowest BCUT2D eigenvalue weighted by Crippen LogP contribution is -2.51. The Morgan fingerprint density at radius 2 is 2.00 bits per heavy atom. The van der Waals surface area contributed by atoms with E-state index < -0.39 is 5.41 Å². The highest BCUT2D eigenvalue weighted by molar-refractivity contribution is 5.86. The van der Waals surface area contributed by atoms with Gasteiger partial charge >= 0.3 is 0 Å². The number of hydrogen-bond acceptors (Lipinski definition) is 2. The molecule has 1 amide bonds. The van der Waals surface area contributed by atoms with Gasteiger partial charge in [0, 0.05) is 6.04 Å². The Hall–Kier alpha value is -1.04. The Kier molecular flexibility index (Phi) is 3.38. The van der Waals surface area contributed by atoms with Gasteiger partial charge in [0.1, 0.15) is 5.41 Å². The topological polar surface area (TPSA) is 52.9 Å². The van der Waals surface area contributed by atoms with Crippen LogP contribution in [0.25, 0.3) is 0 Å². The zero-order valence-electron chi connectivity index (χ0n) is 10.0. The molecule has 0 aromatic rings. The number of hydrogen-bond donors (Lipinski definition) is 1. The number of nitrogens with one attached hydrogen (secondary N) is 1. The van der Waals surface area contributed by atoms with Gasteiger partial charge in [-0.1, -0.05) is 20.8 Å². The molecule has 1 atom stereocenters. The van der Waals surface area contributed by atoms with Crippen LogP contribution in [0.5, 0.6) is 0 Å². The summed E-state index contributed by atoms with van der Waals surface area (Å²) in [6.07, 6.45) is 1.42. The van der Waals surface area contributed by atoms with E-state index in [9.17, 15) is 4.79 Å². The molecule has 0 heterocycles. The molecule has 1 aliphatic rings. The minimum Gasteiger partial charge on any atom is -0.352 e. The first-order valence-corrected chi connectivity index (χ1v) is 5.63. The summed E-state index contributed by atoms with van der Waals surface area (Å²) in [5.74, 6) is 0.830. The zero-order valence-corrected chi connectivity index (χ0v) is 10.0. The van der Waals surface area contributed by atoms with Crippen molar-refractivity contribution in [3.05, 3.63) is 0 Å². The van der Waals surface area contributed by atoms with E-state index in [1.54, 1.807) is 0 Å². The van der Waals surface area contributed by atoms with Crippen LogP contribution in [0.3, 0.4) is 0 Å². The van der Waals surface area contributed by atoms with Crippen LogP contribution in [0.2, 0.25) is 0 Å². The number of nitriles is 1. The Morgan fingerprint density at radius 1 is 1.47 bits per heavy atom. The maximum Gasteiger partial charge on any atom is 0.240 e. The van der Waals surface area contributed by atoms with Crippen LogP contribution < -0.4 is 5.32 Å². The van der Waals surface area contributed by atoms with Crippen LogP contribution in [-0.2, 0) is 4.79 Å². The van der Waals surface area contributed by atoms with Gasteiger partial charge in [-0.3, -0.25) is 4.79 Å². The largest absolute Gasteiger partial charge is 0.352 e. The molecule has 0 spiro atoms. The smallest absolute Gasteiger partial charge is 0.240 e. The minimum atomic E-state index is -0.734. The van der Waals surface area contributed by atoms with E-state index in [1.807, 2.05) is 6.92 Å². The predicted octanol–water partition coefficient (Wildman–Crippen LogP) is 2.09. The molecule has 0 aromatic carbocycles. The average Bonchev–Trinajstić information content (AvgIpc) is 2.11. The molecule has 1 fully saturated rings. The number of nitrogens with zero attached hydrogens (tertiary/aromatic N) is 1. The van der Waals surface area contributed by atoms with Crippen molar-refractivity contribution in [1.82, 2.24) is 5.32 Å². The van der Waals surface area contributed by atoms with Gasteiger partial charge in [0.2, 0.25) is 5.91 Å². The summed E-state index contributed by atoms with van der Waals surface area (Å²) in [5.41, 5.74) is -0.734. The van der Waals surface area contributed by atoms with Gasteiger partial charge in [0.05, 0.1) is 6.07 Å². The summed E-state index contributed by atoms with van der Waals surface area (Å²) < 4.78 is 0. The maximum absolute atomic E-state index is 11.9. The predicted molar refractivity (Wildman–Crippen MR) is 58.9 cm³/mol. The van der Waals surface area contributed by atoms with Crippen molar-refractivity contribution < 1.29 is 4.79 Å². The normalized spacial score (nSPS) is 31.6. The molecule has 3 heteroatoms. The van der Waals surface area contributed by atoms with E-state index in [4.69, 9.17) is 5.26 Å². The molecule has 1 N–H and O–H groups in total. The van der Waals surface area contributed by atoms with Gasteiger partial charge in [0.25, 0.3) is 0 Å². The lowest BCUT2D eigenvalue weighted by atomic mass is 9.63. The lowest BCUT2D eigenvalue weighted by molar-refractivity contribution is -0.134. The van der Waals surface area contributed by atoms with Crippen molar-refractivity contribution in [2.75, 3.05) is 0 Å². The van der Waals surface area contributed by atoms with Crippen molar-refractivity contribution in [3.8, 4) is 6.07 Å². The Labute approximate surface area is 91.9 Å². The van der Waals surface area contributed by atoms with Gasteiger partial charge in [-0.25, -0.2) is 0 Å². The highest BCUT2D eigenvalue weighted by Gasteiger charge is 2.49. The van der Waals surface area contributed by atoms with Crippen LogP contribution >= 0.6 is 0 Å². The summed E-state index contributed by atoms with van der Waals surface area (Å²) >= 11 is 0. The van der Waals surface area contributed by atoms with Gasteiger partial charge in [0.15, 0.2) is 0 Å². The summed E-state index contributed by atoms with van der Waals surface area (Å²) in [7, 11) is 0. The van der Waals surface area contributed by atoms with Crippen LogP contribution in [0.4, 0.5) is 0 Å². The van der Waals surface area contributed by atoms with Crippen LogP contribution in [0.15, 0.2) is 0 Å². The first kappa shape index (κ1) is 12.0. The van der Waals surface area contributed by atoms with Gasteiger partial charge in [-0.05, 0) is 31.6 Å². The van der Waals surface area contributed by atoms with Gasteiger partial charge < -0.3 is 5.32 Å². The monoisotopic (exact) mass is 208 g/mol. The highest BCUT2D eigenvalue weighted by atomic mass is 16.2. The van der Waals surface area contributed by atoms with Crippen molar-refractivity contribution in [1.29, 1.82) is 5.26 Å². The summed E-state index contributed by atoms with van der Waals surface area (Å²) in [4.78, 5) is 11.9. The number of amides is 1. The van der Waals surface area contributed by atoms with Crippen molar-refractivity contribution in [3.63, 3.8) is 0 Å². The van der Waals surface area contributed by atoms with Crippen molar-refractivity contribution in [2.45, 2.75) is 46.6 Å². The third kappa shape index (κ3) is 2.31. The molecule has 15 heavy (non-hydrogen) atoms. The summed E-state index contributed by atoms with van der Waals surface area (Å²) in [5, 5.41) is 12.0. The number of carbonyl (C=O) groups is 1. The van der Waals surface area contributed by atoms with Crippen LogP contribution in [0.1, 0.15) is 40.5 Å². The Balaban J connectivity index is 2.57. The van der Waals surface area contributed by atoms with Crippen LogP contribution in [-0.4, -0.2) is 11.9 Å². The molecule has 0 radical (unpaired) electrons. The molecule has 0 aliphatic heterocycles. The second-order valence-electron chi connectivity index (χ2n) is 5.21. The highest BCUT2D eigenvalue weighted by Crippen LogP contribution is 2.45. The summed E-state index contributed by atoms with van der Waals surface area (Å²) in [6.45, 7) is 8.19. The molecule has 0 saturated heterocycles. The molecule has 0 aromatic heterocycles. The van der Waals surface area contributed by atoms with Crippen molar-refractivity contribution in [2.24, 2.45) is 17.3 Å². The van der Waals surface area contributed by atoms with E-state index in [1.165, 1.54) is 0 Å². The Morgan fingerprint density at radius 3 is 2.33 bits per heavy atom. The Bertz CT molecular complexity index is 284. The maximum atomic E-state index is 11.9. The van der Waals surface area contributed by atoms with E-state index in [0.29, 0.717) is 24.7 Å². The third-order valence-electron chi connectivity index (χ3n) is 3.40. The molecule has 84 valence electrons. The molecule has 1 aliphatic carbocycles. The second kappa shape index (κ2) is 4.22. The standard InChI is InChI=1S/C12H20N2O/c1-8(2)10(4)14-11(15)12(7-13)5-9(3)6-12/h8-10H,5-6H2,1-4H3,(H,14,15). The SMILES string of the molecule is CC1CC(C#N)(C(=O)NC(C)C(C)C)C1. The fourth-order valence-electron chi connectivity index (χ4n) is 1.97. The van der Waals surface area contributed by atoms with E-state index in [-0.39, 0.29) is 11.9 Å². The van der Waals surface area contributed by atoms with Gasteiger partial charge in [-0.15, -0.1) is 0 Å². The van der Waals surface area contributed by atoms with E-state index in [0.717, 1.165) is 0 Å². The van der Waals surface area contributed by atoms with E-state index in [2.05, 4.69) is 32.2 Å². The molecule has 1 unspecified atom stereocenters. The number of carbonyl (C=O) groups excluding carboxylic acids is 1. The molecular formula is C12H20N2O. The average molecular weight is 208 g/mol. The van der Waals surface area contributed by atoms with Gasteiger partial charge in [-0.2, -0.15) is 5.26 Å². The first-order chi connectivity index (χ1) is 6.91. The molecular weight excluding hydrogens is 188 g/mol. The fraction of sp³-hybridized carbons (Fsp3) is 0.833. The van der Waals surface area contributed by atoms with Crippen LogP contribution in [0, 0.1) is 28.6 Å². The molecule has 1 saturated carbocycles. The number of rotatable bonds is 3. The molecule has 1 rings (SSSR count). The first-order valence-electron chi connectivity index (χ1n) is 5.63. The quantitative estimate of drug-likeness (QED) is 0.772.